The molecule has 1 aromatic heterocycles. The molecule has 0 unspecified atom stereocenters. The van der Waals surface area contributed by atoms with Gasteiger partial charge in [-0.25, -0.2) is 5.43 Å². The van der Waals surface area contributed by atoms with Crippen molar-refractivity contribution in [1.82, 2.24) is 9.99 Å². The third-order valence-corrected chi connectivity index (χ3v) is 3.72. The van der Waals surface area contributed by atoms with E-state index in [1.807, 2.05) is 6.07 Å². The largest absolute Gasteiger partial charge is 0.416 e. The van der Waals surface area contributed by atoms with Crippen LogP contribution in [0.5, 0.6) is 0 Å². The standard InChI is InChI=1S/C17H16F3N5O/c1-11-12(6-15(8-21)25(11)2)9-23-24-16(26)10-22-14-5-3-4-13(7-14)17(18,19)20/h3-7,9,22H,10H2,1-2H3,(H,24,26)/b23-9+. The van der Waals surface area contributed by atoms with Gasteiger partial charge in [0.15, 0.2) is 0 Å². The molecule has 0 aliphatic rings. The second-order valence-electron chi connectivity index (χ2n) is 5.47. The lowest BCUT2D eigenvalue weighted by Gasteiger charge is -2.10. The molecule has 0 aliphatic heterocycles. The summed E-state index contributed by atoms with van der Waals surface area (Å²) < 4.78 is 39.6. The van der Waals surface area contributed by atoms with Gasteiger partial charge in [-0.3, -0.25) is 4.79 Å². The molecule has 0 spiro atoms. The molecule has 0 saturated heterocycles. The molecule has 0 atom stereocenters. The number of alkyl halides is 3. The number of hydrogen-bond donors (Lipinski definition) is 2. The number of anilines is 1. The van der Waals surface area contributed by atoms with Crippen LogP contribution in [0, 0.1) is 18.3 Å². The summed E-state index contributed by atoms with van der Waals surface area (Å²) >= 11 is 0. The van der Waals surface area contributed by atoms with Crippen LogP contribution in [0.3, 0.4) is 0 Å². The maximum absolute atomic E-state index is 12.6. The van der Waals surface area contributed by atoms with Crippen LogP contribution >= 0.6 is 0 Å². The van der Waals surface area contributed by atoms with Gasteiger partial charge in [0.1, 0.15) is 11.8 Å². The molecule has 6 nitrogen and oxygen atoms in total. The molecule has 1 aromatic carbocycles. The van der Waals surface area contributed by atoms with Crippen molar-refractivity contribution < 1.29 is 18.0 Å². The van der Waals surface area contributed by atoms with Crippen molar-refractivity contribution in [3.8, 4) is 6.07 Å². The first-order valence-corrected chi connectivity index (χ1v) is 7.52. The molecule has 2 N–H and O–H groups in total. The topological polar surface area (TPSA) is 82.2 Å². The van der Waals surface area contributed by atoms with Crippen molar-refractivity contribution >= 4 is 17.8 Å². The van der Waals surface area contributed by atoms with E-state index < -0.39 is 17.6 Å². The minimum atomic E-state index is -4.44. The number of nitrogens with zero attached hydrogens (tertiary/aromatic N) is 3. The van der Waals surface area contributed by atoms with E-state index in [-0.39, 0.29) is 12.2 Å². The van der Waals surface area contributed by atoms with E-state index in [0.717, 1.165) is 17.8 Å². The van der Waals surface area contributed by atoms with E-state index >= 15 is 0 Å². The fraction of sp³-hybridized carbons (Fsp3) is 0.235. The number of carbonyl (C=O) groups excluding carboxylic acids is 1. The van der Waals surface area contributed by atoms with E-state index in [0.29, 0.717) is 11.3 Å². The first-order valence-electron chi connectivity index (χ1n) is 7.52. The molecule has 0 saturated carbocycles. The molecule has 26 heavy (non-hydrogen) atoms. The van der Waals surface area contributed by atoms with Gasteiger partial charge in [-0.2, -0.15) is 23.5 Å². The molecule has 9 heteroatoms. The lowest BCUT2D eigenvalue weighted by atomic mass is 10.2. The highest BCUT2D eigenvalue weighted by Crippen LogP contribution is 2.30. The number of hydrazone groups is 1. The van der Waals surface area contributed by atoms with Crippen LogP contribution in [0.2, 0.25) is 0 Å². The number of nitrogens with one attached hydrogen (secondary N) is 2. The summed E-state index contributed by atoms with van der Waals surface area (Å²) in [6.45, 7) is 1.56. The Morgan fingerprint density at radius 1 is 1.38 bits per heavy atom. The minimum Gasteiger partial charge on any atom is -0.376 e. The van der Waals surface area contributed by atoms with Crippen molar-refractivity contribution in [2.45, 2.75) is 13.1 Å². The third-order valence-electron chi connectivity index (χ3n) is 3.72. The van der Waals surface area contributed by atoms with E-state index in [1.165, 1.54) is 18.3 Å². The Hall–Kier alpha value is -3.28. The van der Waals surface area contributed by atoms with Crippen LogP contribution in [0.4, 0.5) is 18.9 Å². The van der Waals surface area contributed by atoms with Gasteiger partial charge in [-0.15, -0.1) is 0 Å². The highest BCUT2D eigenvalue weighted by atomic mass is 19.4. The van der Waals surface area contributed by atoms with E-state index in [2.05, 4.69) is 15.8 Å². The normalized spacial score (nSPS) is 11.4. The fourth-order valence-corrected chi connectivity index (χ4v) is 2.16. The Morgan fingerprint density at radius 2 is 2.12 bits per heavy atom. The number of hydrogen-bond acceptors (Lipinski definition) is 4. The van der Waals surface area contributed by atoms with Crippen molar-refractivity contribution in [1.29, 1.82) is 5.26 Å². The Kier molecular flexibility index (Phi) is 5.67. The van der Waals surface area contributed by atoms with Crippen molar-refractivity contribution in [3.05, 3.63) is 52.8 Å². The molecule has 1 amide bonds. The van der Waals surface area contributed by atoms with Gasteiger partial charge < -0.3 is 9.88 Å². The second-order valence-corrected chi connectivity index (χ2v) is 5.47. The van der Waals surface area contributed by atoms with E-state index in [4.69, 9.17) is 5.26 Å². The maximum Gasteiger partial charge on any atom is 0.416 e. The van der Waals surface area contributed by atoms with Crippen molar-refractivity contribution in [2.75, 3.05) is 11.9 Å². The van der Waals surface area contributed by atoms with Gasteiger partial charge >= 0.3 is 6.18 Å². The van der Waals surface area contributed by atoms with E-state index in [9.17, 15) is 18.0 Å². The van der Waals surface area contributed by atoms with E-state index in [1.54, 1.807) is 24.6 Å². The predicted molar refractivity (Wildman–Crippen MR) is 90.5 cm³/mol. The lowest BCUT2D eigenvalue weighted by Crippen LogP contribution is -2.26. The average Bonchev–Trinajstić information content (AvgIpc) is 2.87. The highest BCUT2D eigenvalue weighted by molar-refractivity contribution is 5.85. The predicted octanol–water partition coefficient (Wildman–Crippen LogP) is 2.79. The summed E-state index contributed by atoms with van der Waals surface area (Å²) in [4.78, 5) is 11.7. The van der Waals surface area contributed by atoms with Crippen LogP contribution in [-0.2, 0) is 18.0 Å². The molecule has 0 radical (unpaired) electrons. The highest BCUT2D eigenvalue weighted by Gasteiger charge is 2.30. The lowest BCUT2D eigenvalue weighted by molar-refractivity contribution is -0.137. The molecule has 2 rings (SSSR count). The number of amides is 1. The molecular weight excluding hydrogens is 347 g/mol. The molecular formula is C17H16F3N5O. The van der Waals surface area contributed by atoms with Gasteiger partial charge in [0.25, 0.3) is 5.91 Å². The van der Waals surface area contributed by atoms with Gasteiger partial charge in [-0.1, -0.05) is 6.07 Å². The SMILES string of the molecule is Cc1c(/C=N/NC(=O)CNc2cccc(C(F)(F)F)c2)cc(C#N)n1C. The average molecular weight is 363 g/mol. The third kappa shape index (κ3) is 4.63. The van der Waals surface area contributed by atoms with Crippen molar-refractivity contribution in [3.63, 3.8) is 0 Å². The number of carbonyl (C=O) groups is 1. The summed E-state index contributed by atoms with van der Waals surface area (Å²) in [5.74, 6) is -0.521. The van der Waals surface area contributed by atoms with Crippen LogP contribution in [-0.4, -0.2) is 23.2 Å². The Balaban J connectivity index is 1.91. The zero-order valence-corrected chi connectivity index (χ0v) is 14.1. The van der Waals surface area contributed by atoms with Gasteiger partial charge in [0, 0.05) is 24.0 Å². The summed E-state index contributed by atoms with van der Waals surface area (Å²) in [6.07, 6.45) is -3.04. The zero-order valence-electron chi connectivity index (χ0n) is 14.1. The second kappa shape index (κ2) is 7.74. The first kappa shape index (κ1) is 19.1. The monoisotopic (exact) mass is 363 g/mol. The zero-order chi connectivity index (χ0) is 19.3. The molecule has 0 fully saturated rings. The number of rotatable bonds is 5. The molecule has 0 bridgehead atoms. The van der Waals surface area contributed by atoms with Gasteiger partial charge in [0.05, 0.1) is 18.3 Å². The first-order chi connectivity index (χ1) is 12.2. The Bertz CT molecular complexity index is 877. The fourth-order valence-electron chi connectivity index (χ4n) is 2.16. The van der Waals surface area contributed by atoms with Gasteiger partial charge in [0.2, 0.25) is 0 Å². The smallest absolute Gasteiger partial charge is 0.376 e. The summed E-state index contributed by atoms with van der Waals surface area (Å²) in [7, 11) is 1.74. The minimum absolute atomic E-state index is 0.177. The summed E-state index contributed by atoms with van der Waals surface area (Å²) in [5, 5.41) is 15.4. The van der Waals surface area contributed by atoms with Crippen LogP contribution in [0.1, 0.15) is 22.5 Å². The maximum atomic E-state index is 12.6. The summed E-state index contributed by atoms with van der Waals surface area (Å²) in [5.41, 5.74) is 3.60. The molecule has 2 aromatic rings. The number of aromatic nitrogens is 1. The van der Waals surface area contributed by atoms with Crippen LogP contribution in [0.15, 0.2) is 35.4 Å². The number of halogens is 3. The van der Waals surface area contributed by atoms with Crippen LogP contribution < -0.4 is 10.7 Å². The number of benzene rings is 1. The quantitative estimate of drug-likeness (QED) is 0.633. The Morgan fingerprint density at radius 3 is 2.73 bits per heavy atom. The summed E-state index contributed by atoms with van der Waals surface area (Å²) in [6, 6.07) is 8.23. The molecule has 1 heterocycles. The van der Waals surface area contributed by atoms with Gasteiger partial charge in [-0.05, 0) is 31.2 Å². The van der Waals surface area contributed by atoms with Crippen LogP contribution in [0.25, 0.3) is 0 Å². The van der Waals surface area contributed by atoms with Crippen molar-refractivity contribution in [2.24, 2.45) is 12.1 Å². The molecule has 0 aliphatic carbocycles. The number of nitriles is 1. The Labute approximate surface area is 147 Å². The molecule has 136 valence electrons.